The standard InChI is InChI=1S/C19H21N3O3/c1-14-7-8-16(22(24)25)11-17(14)20-12-18(23)21-13-19(9-10-19)15-5-3-2-4-6-15/h2-8,11,20H,9-10,12-13H2,1H3,(H,21,23). The molecular formula is C19H21N3O3. The SMILES string of the molecule is Cc1ccc([N+](=O)[O-])cc1NCC(=O)NCC1(c2ccccc2)CC1. The molecule has 130 valence electrons. The van der Waals surface area contributed by atoms with E-state index >= 15 is 0 Å². The maximum atomic E-state index is 12.1. The second-order valence-corrected chi connectivity index (χ2v) is 6.53. The minimum atomic E-state index is -0.443. The smallest absolute Gasteiger partial charge is 0.271 e. The Bertz CT molecular complexity index is 786. The number of carbonyl (C=O) groups is 1. The van der Waals surface area contributed by atoms with Gasteiger partial charge in [0.05, 0.1) is 11.5 Å². The van der Waals surface area contributed by atoms with Crippen molar-refractivity contribution >= 4 is 17.3 Å². The molecule has 6 heteroatoms. The number of aryl methyl sites for hydroxylation is 1. The predicted octanol–water partition coefficient (Wildman–Crippen LogP) is 3.16. The summed E-state index contributed by atoms with van der Waals surface area (Å²) >= 11 is 0. The number of amides is 1. The third-order valence-corrected chi connectivity index (χ3v) is 4.74. The third kappa shape index (κ3) is 3.96. The fourth-order valence-electron chi connectivity index (χ4n) is 2.93. The van der Waals surface area contributed by atoms with Crippen molar-refractivity contribution in [3.05, 3.63) is 69.8 Å². The minimum Gasteiger partial charge on any atom is -0.376 e. The predicted molar refractivity (Wildman–Crippen MR) is 96.7 cm³/mol. The molecule has 2 N–H and O–H groups in total. The van der Waals surface area contributed by atoms with E-state index in [1.54, 1.807) is 6.07 Å². The van der Waals surface area contributed by atoms with E-state index < -0.39 is 4.92 Å². The van der Waals surface area contributed by atoms with Gasteiger partial charge in [0, 0.05) is 29.8 Å². The number of anilines is 1. The first-order valence-corrected chi connectivity index (χ1v) is 8.31. The Hall–Kier alpha value is -2.89. The van der Waals surface area contributed by atoms with E-state index in [1.807, 2.05) is 25.1 Å². The molecule has 0 atom stereocenters. The molecule has 1 saturated carbocycles. The lowest BCUT2D eigenvalue weighted by Crippen LogP contribution is -2.36. The molecule has 0 bridgehead atoms. The van der Waals surface area contributed by atoms with Crippen LogP contribution in [0.1, 0.15) is 24.0 Å². The van der Waals surface area contributed by atoms with Crippen LogP contribution in [0.15, 0.2) is 48.5 Å². The summed E-state index contributed by atoms with van der Waals surface area (Å²) in [7, 11) is 0. The molecular weight excluding hydrogens is 318 g/mol. The van der Waals surface area contributed by atoms with Gasteiger partial charge in [-0.05, 0) is 30.9 Å². The number of non-ortho nitro benzene ring substituents is 1. The van der Waals surface area contributed by atoms with Gasteiger partial charge in [-0.15, -0.1) is 0 Å². The average molecular weight is 339 g/mol. The molecule has 0 spiro atoms. The van der Waals surface area contributed by atoms with Crippen LogP contribution in [0.5, 0.6) is 0 Å². The molecule has 0 radical (unpaired) electrons. The fraction of sp³-hybridized carbons (Fsp3) is 0.316. The fourth-order valence-corrected chi connectivity index (χ4v) is 2.93. The zero-order valence-corrected chi connectivity index (χ0v) is 14.1. The van der Waals surface area contributed by atoms with Crippen LogP contribution in [-0.4, -0.2) is 23.9 Å². The highest BCUT2D eigenvalue weighted by Gasteiger charge is 2.44. The number of nitro benzene ring substituents is 1. The van der Waals surface area contributed by atoms with Crippen molar-refractivity contribution in [2.75, 3.05) is 18.4 Å². The highest BCUT2D eigenvalue weighted by atomic mass is 16.6. The topological polar surface area (TPSA) is 84.3 Å². The number of rotatable bonds is 7. The van der Waals surface area contributed by atoms with Crippen LogP contribution in [0.25, 0.3) is 0 Å². The zero-order valence-electron chi connectivity index (χ0n) is 14.1. The van der Waals surface area contributed by atoms with Crippen LogP contribution in [0.2, 0.25) is 0 Å². The van der Waals surface area contributed by atoms with Crippen LogP contribution >= 0.6 is 0 Å². The highest BCUT2D eigenvalue weighted by Crippen LogP contribution is 2.47. The first-order valence-electron chi connectivity index (χ1n) is 8.31. The molecule has 1 aliphatic carbocycles. The Kier molecular flexibility index (Phi) is 4.70. The molecule has 1 amide bonds. The van der Waals surface area contributed by atoms with Gasteiger partial charge in [0.1, 0.15) is 0 Å². The van der Waals surface area contributed by atoms with Crippen molar-refractivity contribution in [1.29, 1.82) is 0 Å². The molecule has 6 nitrogen and oxygen atoms in total. The second-order valence-electron chi connectivity index (χ2n) is 6.53. The Balaban J connectivity index is 1.54. The van der Waals surface area contributed by atoms with Gasteiger partial charge in [0.2, 0.25) is 5.91 Å². The number of nitro groups is 1. The van der Waals surface area contributed by atoms with Gasteiger partial charge in [-0.2, -0.15) is 0 Å². The van der Waals surface area contributed by atoms with Crippen LogP contribution in [0, 0.1) is 17.0 Å². The van der Waals surface area contributed by atoms with Gasteiger partial charge >= 0.3 is 0 Å². The molecule has 0 unspecified atom stereocenters. The number of carbonyl (C=O) groups excluding carboxylic acids is 1. The Morgan fingerprint density at radius 3 is 2.56 bits per heavy atom. The van der Waals surface area contributed by atoms with E-state index in [0.717, 1.165) is 18.4 Å². The van der Waals surface area contributed by atoms with E-state index in [2.05, 4.69) is 22.8 Å². The molecule has 3 rings (SSSR count). The molecule has 0 saturated heterocycles. The van der Waals surface area contributed by atoms with Gasteiger partial charge < -0.3 is 10.6 Å². The summed E-state index contributed by atoms with van der Waals surface area (Å²) in [6.07, 6.45) is 2.16. The lowest BCUT2D eigenvalue weighted by molar-refractivity contribution is -0.384. The summed E-state index contributed by atoms with van der Waals surface area (Å²) in [6.45, 7) is 2.55. The third-order valence-electron chi connectivity index (χ3n) is 4.74. The van der Waals surface area contributed by atoms with Crippen LogP contribution < -0.4 is 10.6 Å². The molecule has 1 aliphatic rings. The lowest BCUT2D eigenvalue weighted by Gasteiger charge is -2.17. The van der Waals surface area contributed by atoms with Crippen molar-refractivity contribution in [2.24, 2.45) is 0 Å². The summed E-state index contributed by atoms with van der Waals surface area (Å²) in [6, 6.07) is 14.8. The first kappa shape index (κ1) is 17.0. The summed E-state index contributed by atoms with van der Waals surface area (Å²) in [5, 5.41) is 16.8. The number of nitrogens with zero attached hydrogens (tertiary/aromatic N) is 1. The van der Waals surface area contributed by atoms with Crippen LogP contribution in [-0.2, 0) is 10.2 Å². The molecule has 0 aliphatic heterocycles. The summed E-state index contributed by atoms with van der Waals surface area (Å²) < 4.78 is 0. The molecule has 25 heavy (non-hydrogen) atoms. The lowest BCUT2D eigenvalue weighted by atomic mass is 9.96. The zero-order chi connectivity index (χ0) is 17.9. The minimum absolute atomic E-state index is 0.00881. The molecule has 2 aromatic rings. The van der Waals surface area contributed by atoms with Gasteiger partial charge in [0.25, 0.3) is 5.69 Å². The molecule has 0 heterocycles. The summed E-state index contributed by atoms with van der Waals surface area (Å²) in [4.78, 5) is 22.6. The van der Waals surface area contributed by atoms with E-state index in [-0.39, 0.29) is 23.6 Å². The molecule has 2 aromatic carbocycles. The molecule has 0 aromatic heterocycles. The van der Waals surface area contributed by atoms with Crippen LogP contribution in [0.4, 0.5) is 11.4 Å². The number of hydrogen-bond donors (Lipinski definition) is 2. The number of benzene rings is 2. The van der Waals surface area contributed by atoms with Gasteiger partial charge in [-0.3, -0.25) is 14.9 Å². The van der Waals surface area contributed by atoms with Crippen LogP contribution in [0.3, 0.4) is 0 Å². The van der Waals surface area contributed by atoms with Crippen molar-refractivity contribution in [1.82, 2.24) is 5.32 Å². The largest absolute Gasteiger partial charge is 0.376 e. The number of nitrogens with one attached hydrogen (secondary N) is 2. The second kappa shape index (κ2) is 6.93. The normalized spacial score (nSPS) is 14.6. The highest BCUT2D eigenvalue weighted by molar-refractivity contribution is 5.81. The van der Waals surface area contributed by atoms with E-state index in [1.165, 1.54) is 17.7 Å². The maximum absolute atomic E-state index is 12.1. The van der Waals surface area contributed by atoms with Crippen molar-refractivity contribution in [2.45, 2.75) is 25.2 Å². The number of hydrogen-bond acceptors (Lipinski definition) is 4. The van der Waals surface area contributed by atoms with Crippen molar-refractivity contribution in [3.63, 3.8) is 0 Å². The summed E-state index contributed by atoms with van der Waals surface area (Å²) in [5.74, 6) is -0.117. The van der Waals surface area contributed by atoms with Crippen molar-refractivity contribution < 1.29 is 9.72 Å². The average Bonchev–Trinajstić information content (AvgIpc) is 3.41. The quantitative estimate of drug-likeness (QED) is 0.599. The maximum Gasteiger partial charge on any atom is 0.271 e. The summed E-state index contributed by atoms with van der Waals surface area (Å²) in [5.41, 5.74) is 2.81. The van der Waals surface area contributed by atoms with E-state index in [9.17, 15) is 14.9 Å². The van der Waals surface area contributed by atoms with E-state index in [0.29, 0.717) is 12.2 Å². The Labute approximate surface area is 146 Å². The Morgan fingerprint density at radius 2 is 1.92 bits per heavy atom. The van der Waals surface area contributed by atoms with Gasteiger partial charge in [-0.25, -0.2) is 0 Å². The van der Waals surface area contributed by atoms with Gasteiger partial charge in [-0.1, -0.05) is 36.4 Å². The molecule has 1 fully saturated rings. The van der Waals surface area contributed by atoms with E-state index in [4.69, 9.17) is 0 Å². The Morgan fingerprint density at radius 1 is 1.20 bits per heavy atom. The first-order chi connectivity index (χ1) is 12.0. The monoisotopic (exact) mass is 339 g/mol. The van der Waals surface area contributed by atoms with Gasteiger partial charge in [0.15, 0.2) is 0 Å². The van der Waals surface area contributed by atoms with Crippen molar-refractivity contribution in [3.8, 4) is 0 Å².